The summed E-state index contributed by atoms with van der Waals surface area (Å²) in [7, 11) is 0. The number of likely N-dealkylation sites (tertiary alicyclic amines) is 1. The Labute approximate surface area is 180 Å². The molecule has 154 valence electrons. The number of piperidine rings is 1. The number of hydrogen-bond donors (Lipinski definition) is 0. The Bertz CT molecular complexity index is 1060. The molecule has 4 heterocycles. The van der Waals surface area contributed by atoms with Gasteiger partial charge in [0.05, 0.1) is 5.69 Å². The van der Waals surface area contributed by atoms with Gasteiger partial charge in [0.1, 0.15) is 5.82 Å². The van der Waals surface area contributed by atoms with Gasteiger partial charge in [-0.25, -0.2) is 9.97 Å². The van der Waals surface area contributed by atoms with Crippen molar-refractivity contribution in [3.8, 4) is 22.6 Å². The van der Waals surface area contributed by atoms with E-state index in [-0.39, 0.29) is 6.79 Å². The highest BCUT2D eigenvalue weighted by atomic mass is 35.5. The van der Waals surface area contributed by atoms with Crippen LogP contribution in [0.15, 0.2) is 42.9 Å². The second kappa shape index (κ2) is 8.20. The molecule has 0 saturated carbocycles. The molecule has 2 aromatic heterocycles. The molecule has 0 radical (unpaired) electrons. The predicted molar refractivity (Wildman–Crippen MR) is 115 cm³/mol. The maximum Gasteiger partial charge on any atom is 0.231 e. The van der Waals surface area contributed by atoms with Crippen LogP contribution >= 0.6 is 11.6 Å². The molecule has 5 rings (SSSR count). The van der Waals surface area contributed by atoms with Crippen LogP contribution in [0.4, 0.5) is 0 Å². The first-order valence-corrected chi connectivity index (χ1v) is 10.6. The molecule has 7 heteroatoms. The Hall–Kier alpha value is -2.70. The summed E-state index contributed by atoms with van der Waals surface area (Å²) in [6, 6.07) is 7.90. The molecule has 2 aliphatic heterocycles. The predicted octanol–water partition coefficient (Wildman–Crippen LogP) is 4.61. The number of benzene rings is 1. The number of aromatic nitrogens is 3. The smallest absolute Gasteiger partial charge is 0.231 e. The van der Waals surface area contributed by atoms with Crippen LogP contribution in [0.25, 0.3) is 11.1 Å². The normalized spacial score (nSPS) is 18.5. The van der Waals surface area contributed by atoms with Crippen molar-refractivity contribution in [2.45, 2.75) is 32.2 Å². The topological polar surface area (TPSA) is 60.4 Å². The van der Waals surface area contributed by atoms with Crippen LogP contribution in [-0.2, 0) is 6.54 Å². The van der Waals surface area contributed by atoms with Crippen LogP contribution in [0.2, 0.25) is 5.02 Å². The molecule has 3 aromatic rings. The summed E-state index contributed by atoms with van der Waals surface area (Å²) < 4.78 is 11.0. The van der Waals surface area contributed by atoms with E-state index < -0.39 is 0 Å². The largest absolute Gasteiger partial charge is 0.454 e. The lowest BCUT2D eigenvalue weighted by atomic mass is 9.90. The van der Waals surface area contributed by atoms with E-state index in [4.69, 9.17) is 26.1 Å². The van der Waals surface area contributed by atoms with Crippen LogP contribution in [0.5, 0.6) is 11.5 Å². The van der Waals surface area contributed by atoms with Gasteiger partial charge in [0.25, 0.3) is 0 Å². The molecule has 0 spiro atoms. The molecule has 1 fully saturated rings. The Morgan fingerprint density at radius 1 is 1.17 bits per heavy atom. The molecular formula is C23H23ClN4O2. The van der Waals surface area contributed by atoms with Crippen LogP contribution in [-0.4, -0.2) is 39.7 Å². The van der Waals surface area contributed by atoms with Crippen molar-refractivity contribution in [3.05, 3.63) is 65.0 Å². The van der Waals surface area contributed by atoms with Gasteiger partial charge in [0.2, 0.25) is 6.79 Å². The number of halogens is 1. The van der Waals surface area contributed by atoms with Crippen LogP contribution in [0.1, 0.15) is 35.8 Å². The summed E-state index contributed by atoms with van der Waals surface area (Å²) in [6.45, 7) is 4.95. The summed E-state index contributed by atoms with van der Waals surface area (Å²) in [5.74, 6) is 2.64. The Morgan fingerprint density at radius 3 is 2.80 bits per heavy atom. The van der Waals surface area contributed by atoms with E-state index in [1.807, 2.05) is 49.8 Å². The molecule has 2 aliphatic rings. The van der Waals surface area contributed by atoms with Crippen LogP contribution in [0, 0.1) is 6.92 Å². The minimum Gasteiger partial charge on any atom is -0.454 e. The Morgan fingerprint density at radius 2 is 1.97 bits per heavy atom. The van der Waals surface area contributed by atoms with Gasteiger partial charge in [0.15, 0.2) is 11.5 Å². The third-order valence-corrected chi connectivity index (χ3v) is 6.11. The highest BCUT2D eigenvalue weighted by Crippen LogP contribution is 2.38. The zero-order chi connectivity index (χ0) is 20.5. The minimum absolute atomic E-state index is 0.256. The number of fused-ring (bicyclic) bond motifs is 1. The monoisotopic (exact) mass is 422 g/mol. The van der Waals surface area contributed by atoms with E-state index in [9.17, 15) is 0 Å². The van der Waals surface area contributed by atoms with Crippen LogP contribution < -0.4 is 9.47 Å². The molecule has 0 bridgehead atoms. The highest BCUT2D eigenvalue weighted by Gasteiger charge is 2.26. The van der Waals surface area contributed by atoms with E-state index in [2.05, 4.69) is 14.9 Å². The van der Waals surface area contributed by atoms with Crippen molar-refractivity contribution in [2.24, 2.45) is 0 Å². The summed E-state index contributed by atoms with van der Waals surface area (Å²) in [4.78, 5) is 15.9. The number of pyridine rings is 1. The summed E-state index contributed by atoms with van der Waals surface area (Å²) in [5.41, 5.74) is 4.39. The van der Waals surface area contributed by atoms with Crippen molar-refractivity contribution in [1.82, 2.24) is 19.9 Å². The maximum absolute atomic E-state index is 6.52. The number of aryl methyl sites for hydroxylation is 1. The fourth-order valence-electron chi connectivity index (χ4n) is 4.30. The Balaban J connectivity index is 1.40. The van der Waals surface area contributed by atoms with Crippen LogP contribution in [0.3, 0.4) is 0 Å². The van der Waals surface area contributed by atoms with E-state index in [0.717, 1.165) is 77.2 Å². The molecule has 1 atom stereocenters. The minimum atomic E-state index is 0.256. The van der Waals surface area contributed by atoms with Crippen molar-refractivity contribution >= 4 is 11.6 Å². The molecule has 1 unspecified atom stereocenters. The standard InChI is InChI=1S/C23H23ClN4O2/c1-15-26-11-19(16-4-6-25-7-5-16)23(27-15)17-3-2-8-28(12-17)13-18-9-21-22(10-20(18)24)30-14-29-21/h4-7,9-11,17H,2-3,8,12-14H2,1H3. The average molecular weight is 423 g/mol. The first-order chi connectivity index (χ1) is 14.7. The SMILES string of the molecule is Cc1ncc(-c2ccncc2)c(C2CCCN(Cc3cc4c(cc3Cl)OCO4)C2)n1. The zero-order valence-corrected chi connectivity index (χ0v) is 17.6. The molecule has 0 amide bonds. The summed E-state index contributed by atoms with van der Waals surface area (Å²) in [5, 5.41) is 0.719. The maximum atomic E-state index is 6.52. The van der Waals surface area contributed by atoms with Gasteiger partial charge < -0.3 is 9.47 Å². The summed E-state index contributed by atoms with van der Waals surface area (Å²) >= 11 is 6.52. The highest BCUT2D eigenvalue weighted by molar-refractivity contribution is 6.31. The van der Waals surface area contributed by atoms with E-state index in [1.54, 1.807) is 0 Å². The molecule has 6 nitrogen and oxygen atoms in total. The van der Waals surface area contributed by atoms with Gasteiger partial charge in [-0.1, -0.05) is 11.6 Å². The van der Waals surface area contributed by atoms with Gasteiger partial charge in [-0.3, -0.25) is 9.88 Å². The van der Waals surface area contributed by atoms with E-state index in [1.165, 1.54) is 0 Å². The van der Waals surface area contributed by atoms with Gasteiger partial charge >= 0.3 is 0 Å². The van der Waals surface area contributed by atoms with E-state index in [0.29, 0.717) is 5.92 Å². The molecule has 1 saturated heterocycles. The lowest BCUT2D eigenvalue weighted by Crippen LogP contribution is -2.34. The van der Waals surface area contributed by atoms with Crippen molar-refractivity contribution in [3.63, 3.8) is 0 Å². The molecule has 30 heavy (non-hydrogen) atoms. The number of nitrogens with zero attached hydrogens (tertiary/aromatic N) is 4. The van der Waals surface area contributed by atoms with Crippen molar-refractivity contribution in [1.29, 1.82) is 0 Å². The van der Waals surface area contributed by atoms with Gasteiger partial charge in [0, 0.05) is 54.3 Å². The van der Waals surface area contributed by atoms with Gasteiger partial charge in [-0.15, -0.1) is 0 Å². The third kappa shape index (κ3) is 3.85. The summed E-state index contributed by atoms with van der Waals surface area (Å²) in [6.07, 6.45) is 7.80. The zero-order valence-electron chi connectivity index (χ0n) is 16.8. The first-order valence-electron chi connectivity index (χ1n) is 10.2. The quantitative estimate of drug-likeness (QED) is 0.612. The number of hydrogen-bond acceptors (Lipinski definition) is 6. The average Bonchev–Trinajstić information content (AvgIpc) is 3.22. The second-order valence-corrected chi connectivity index (χ2v) is 8.23. The van der Waals surface area contributed by atoms with Gasteiger partial charge in [-0.05, 0) is 55.6 Å². The molecule has 0 N–H and O–H groups in total. The molecular weight excluding hydrogens is 400 g/mol. The number of rotatable bonds is 4. The lowest BCUT2D eigenvalue weighted by Gasteiger charge is -2.33. The van der Waals surface area contributed by atoms with Gasteiger partial charge in [-0.2, -0.15) is 0 Å². The third-order valence-electron chi connectivity index (χ3n) is 5.76. The fraction of sp³-hybridized carbons (Fsp3) is 0.348. The first kappa shape index (κ1) is 19.3. The fourth-order valence-corrected chi connectivity index (χ4v) is 4.51. The Kier molecular flexibility index (Phi) is 5.27. The van der Waals surface area contributed by atoms with Crippen molar-refractivity contribution < 1.29 is 9.47 Å². The second-order valence-electron chi connectivity index (χ2n) is 7.82. The lowest BCUT2D eigenvalue weighted by molar-refractivity contribution is 0.173. The number of ether oxygens (including phenoxy) is 2. The van der Waals surface area contributed by atoms with E-state index >= 15 is 0 Å². The van der Waals surface area contributed by atoms with Crippen molar-refractivity contribution in [2.75, 3.05) is 19.9 Å². The molecule has 0 aliphatic carbocycles. The molecule has 1 aromatic carbocycles.